The molecule has 0 unspecified atom stereocenters. The van der Waals surface area contributed by atoms with E-state index in [1.165, 1.54) is 16.0 Å². The molecule has 1 aliphatic carbocycles. The average Bonchev–Trinajstić information content (AvgIpc) is 3.51. The lowest BCUT2D eigenvalue weighted by molar-refractivity contribution is 0.0768. The first-order valence-electron chi connectivity index (χ1n) is 9.50. The highest BCUT2D eigenvalue weighted by atomic mass is 127. The molecule has 4 rings (SSSR count). The Hall–Kier alpha value is -1.66. The van der Waals surface area contributed by atoms with Gasteiger partial charge in [0, 0.05) is 15.8 Å². The van der Waals surface area contributed by atoms with Crippen LogP contribution < -0.4 is 5.19 Å². The van der Waals surface area contributed by atoms with E-state index in [-0.39, 0.29) is 5.91 Å². The van der Waals surface area contributed by atoms with E-state index in [4.69, 9.17) is 0 Å². The highest BCUT2D eigenvalue weighted by Gasteiger charge is 2.38. The van der Waals surface area contributed by atoms with Crippen molar-refractivity contribution in [2.75, 3.05) is 6.17 Å². The van der Waals surface area contributed by atoms with Crippen LogP contribution in [-0.2, 0) is 0 Å². The molecular weight excluding hydrogens is 461 g/mol. The Balaban J connectivity index is 1.64. The molecule has 0 N–H and O–H groups in total. The maximum absolute atomic E-state index is 13.3. The van der Waals surface area contributed by atoms with Gasteiger partial charge < -0.3 is 4.90 Å². The predicted molar refractivity (Wildman–Crippen MR) is 124 cm³/mol. The molecule has 0 saturated heterocycles. The third-order valence-corrected chi connectivity index (χ3v) is 9.40. The van der Waals surface area contributed by atoms with Crippen LogP contribution >= 0.6 is 22.6 Å². The van der Waals surface area contributed by atoms with Crippen molar-refractivity contribution in [3.63, 3.8) is 0 Å². The molecule has 3 aromatic carbocycles. The average molecular weight is 485 g/mol. The Kier molecular flexibility index (Phi) is 5.12. The fraction of sp³-hybridized carbons (Fsp3) is 0.261. The number of halogens is 1. The number of benzene rings is 3. The first kappa shape index (κ1) is 18.7. The second-order valence-corrected chi connectivity index (χ2v) is 13.9. The number of carbonyl (C=O) groups is 1. The molecule has 138 valence electrons. The Bertz CT molecular complexity index is 996. The summed E-state index contributed by atoms with van der Waals surface area (Å²) in [4.78, 5) is 15.5. The highest BCUT2D eigenvalue weighted by molar-refractivity contribution is 14.1. The van der Waals surface area contributed by atoms with Gasteiger partial charge in [-0.25, -0.2) is 0 Å². The van der Waals surface area contributed by atoms with Gasteiger partial charge in [0.05, 0.1) is 5.56 Å². The van der Waals surface area contributed by atoms with Crippen LogP contribution in [0.3, 0.4) is 0 Å². The summed E-state index contributed by atoms with van der Waals surface area (Å²) in [5.41, 5.74) is 0.841. The molecule has 1 aliphatic rings. The van der Waals surface area contributed by atoms with Gasteiger partial charge in [0.25, 0.3) is 5.91 Å². The monoisotopic (exact) mass is 485 g/mol. The van der Waals surface area contributed by atoms with Crippen molar-refractivity contribution in [1.29, 1.82) is 0 Å². The topological polar surface area (TPSA) is 20.3 Å². The van der Waals surface area contributed by atoms with E-state index in [2.05, 4.69) is 83.0 Å². The van der Waals surface area contributed by atoms with Crippen molar-refractivity contribution in [3.05, 3.63) is 75.9 Å². The molecule has 0 spiro atoms. The quantitative estimate of drug-likeness (QED) is 0.359. The molecular formula is C23H24INOSi. The van der Waals surface area contributed by atoms with Gasteiger partial charge in [0.15, 0.2) is 0 Å². The van der Waals surface area contributed by atoms with Gasteiger partial charge in [0.1, 0.15) is 8.07 Å². The number of hydrogen-bond acceptors (Lipinski definition) is 1. The first-order valence-corrected chi connectivity index (χ1v) is 13.8. The number of hydrogen-bond donors (Lipinski definition) is 0. The fourth-order valence-electron chi connectivity index (χ4n) is 3.67. The molecule has 1 amide bonds. The zero-order valence-electron chi connectivity index (χ0n) is 15.8. The number of fused-ring (bicyclic) bond motifs is 1. The highest BCUT2D eigenvalue weighted by Crippen LogP contribution is 2.30. The summed E-state index contributed by atoms with van der Waals surface area (Å²) >= 11 is 2.27. The lowest BCUT2D eigenvalue weighted by Crippen LogP contribution is -2.54. The second kappa shape index (κ2) is 7.39. The molecule has 2 nitrogen and oxygen atoms in total. The Labute approximate surface area is 175 Å². The first-order chi connectivity index (χ1) is 13.0. The van der Waals surface area contributed by atoms with Crippen LogP contribution in [-0.4, -0.2) is 31.1 Å². The summed E-state index contributed by atoms with van der Waals surface area (Å²) in [6, 6.07) is 23.7. The Morgan fingerprint density at radius 2 is 1.67 bits per heavy atom. The third-order valence-electron chi connectivity index (χ3n) is 5.45. The summed E-state index contributed by atoms with van der Waals surface area (Å²) in [5, 5.41) is 3.99. The number of nitrogens with zero attached hydrogens (tertiary/aromatic N) is 1. The van der Waals surface area contributed by atoms with Crippen LogP contribution in [0.4, 0.5) is 0 Å². The SMILES string of the molecule is C[Si](C)(CN(C(=O)c1ccccc1I)C1CC1)c1ccc2ccccc2c1. The largest absolute Gasteiger partial charge is 0.338 e. The van der Waals surface area contributed by atoms with Gasteiger partial charge >= 0.3 is 0 Å². The minimum atomic E-state index is -1.79. The van der Waals surface area contributed by atoms with Gasteiger partial charge in [-0.1, -0.05) is 72.9 Å². The van der Waals surface area contributed by atoms with E-state index in [0.717, 1.165) is 28.1 Å². The van der Waals surface area contributed by atoms with Crippen LogP contribution in [0.2, 0.25) is 13.1 Å². The smallest absolute Gasteiger partial charge is 0.254 e. The van der Waals surface area contributed by atoms with E-state index in [1.54, 1.807) is 0 Å². The summed E-state index contributed by atoms with van der Waals surface area (Å²) in [6.45, 7) is 4.77. The number of amides is 1. The van der Waals surface area contributed by atoms with Crippen LogP contribution in [0.5, 0.6) is 0 Å². The zero-order valence-corrected chi connectivity index (χ0v) is 18.9. The van der Waals surface area contributed by atoms with Crippen LogP contribution in [0, 0.1) is 3.57 Å². The van der Waals surface area contributed by atoms with Crippen LogP contribution in [0.1, 0.15) is 23.2 Å². The summed E-state index contributed by atoms with van der Waals surface area (Å²) in [6.07, 6.45) is 3.15. The van der Waals surface area contributed by atoms with Gasteiger partial charge in [-0.15, -0.1) is 0 Å². The standard InChI is InChI=1S/C23H24INOSi/c1-27(2,20-14-11-17-7-3-4-8-18(17)15-20)16-25(19-12-13-19)23(26)21-9-5-6-10-22(21)24/h3-11,14-15,19H,12-13,16H2,1-2H3. The zero-order chi connectivity index (χ0) is 19.0. The molecule has 3 aromatic rings. The third kappa shape index (κ3) is 3.97. The van der Waals surface area contributed by atoms with E-state index in [1.807, 2.05) is 24.3 Å². The van der Waals surface area contributed by atoms with Gasteiger partial charge in [-0.2, -0.15) is 0 Å². The van der Waals surface area contributed by atoms with Gasteiger partial charge in [-0.3, -0.25) is 4.79 Å². The minimum absolute atomic E-state index is 0.198. The molecule has 27 heavy (non-hydrogen) atoms. The van der Waals surface area contributed by atoms with E-state index < -0.39 is 8.07 Å². The van der Waals surface area contributed by atoms with Crippen molar-refractivity contribution in [2.24, 2.45) is 0 Å². The number of carbonyl (C=O) groups excluding carboxylic acids is 1. The summed E-state index contributed by atoms with van der Waals surface area (Å²) in [5.74, 6) is 0.198. The molecule has 0 aliphatic heterocycles. The molecule has 0 aromatic heterocycles. The molecule has 4 heteroatoms. The lowest BCUT2D eigenvalue weighted by atomic mass is 10.1. The molecule has 0 radical (unpaired) electrons. The lowest BCUT2D eigenvalue weighted by Gasteiger charge is -2.32. The van der Waals surface area contributed by atoms with Crippen LogP contribution in [0.25, 0.3) is 10.8 Å². The van der Waals surface area contributed by atoms with Gasteiger partial charge in [-0.05, 0) is 58.3 Å². The van der Waals surface area contributed by atoms with E-state index in [9.17, 15) is 4.79 Å². The molecule has 0 atom stereocenters. The fourth-order valence-corrected chi connectivity index (χ4v) is 6.80. The predicted octanol–water partition coefficient (Wildman–Crippen LogP) is 5.20. The maximum Gasteiger partial charge on any atom is 0.254 e. The maximum atomic E-state index is 13.3. The molecule has 0 bridgehead atoms. The van der Waals surface area contributed by atoms with E-state index >= 15 is 0 Å². The summed E-state index contributed by atoms with van der Waals surface area (Å²) < 4.78 is 1.04. The van der Waals surface area contributed by atoms with E-state index in [0.29, 0.717) is 6.04 Å². The van der Waals surface area contributed by atoms with Crippen molar-refractivity contribution < 1.29 is 4.79 Å². The summed E-state index contributed by atoms with van der Waals surface area (Å²) in [7, 11) is -1.79. The molecule has 1 fully saturated rings. The Morgan fingerprint density at radius 3 is 2.37 bits per heavy atom. The van der Waals surface area contributed by atoms with Gasteiger partial charge in [0.2, 0.25) is 0 Å². The van der Waals surface area contributed by atoms with Crippen molar-refractivity contribution in [2.45, 2.75) is 32.0 Å². The normalized spacial score (nSPS) is 14.3. The Morgan fingerprint density at radius 1 is 1.00 bits per heavy atom. The van der Waals surface area contributed by atoms with Crippen molar-refractivity contribution in [1.82, 2.24) is 4.90 Å². The minimum Gasteiger partial charge on any atom is -0.338 e. The molecule has 1 saturated carbocycles. The second-order valence-electron chi connectivity index (χ2n) is 8.09. The van der Waals surface area contributed by atoms with Crippen molar-refractivity contribution in [3.8, 4) is 0 Å². The van der Waals surface area contributed by atoms with Crippen molar-refractivity contribution >= 4 is 52.5 Å². The molecule has 0 heterocycles. The number of rotatable bonds is 5. The van der Waals surface area contributed by atoms with Crippen LogP contribution in [0.15, 0.2) is 66.7 Å².